The highest BCUT2D eigenvalue weighted by atomic mass is 32.1. The molecule has 0 spiro atoms. The standard InChI is InChI=1S/C21H27FN2OS/c22-17-12-10-16(11-13-17)21(19-9-6-14-26-19)24-20(25)15-23-18-7-4-2-1-3-5-8-18/h6,9-14,18,21,23H,1-5,7-8,15H2,(H,24,25)/t21-/m0/s1. The molecule has 2 aromatic rings. The molecule has 0 unspecified atom stereocenters. The van der Waals surface area contributed by atoms with Crippen LogP contribution >= 0.6 is 11.3 Å². The second kappa shape index (κ2) is 9.83. The SMILES string of the molecule is O=C(CNC1CCCCCCC1)N[C@@H](c1ccc(F)cc1)c1cccs1. The minimum atomic E-state index is -0.268. The van der Waals surface area contributed by atoms with Crippen LogP contribution < -0.4 is 10.6 Å². The highest BCUT2D eigenvalue weighted by Gasteiger charge is 2.19. The molecular weight excluding hydrogens is 347 g/mol. The molecule has 2 N–H and O–H groups in total. The minimum Gasteiger partial charge on any atom is -0.343 e. The quantitative estimate of drug-likeness (QED) is 0.763. The van der Waals surface area contributed by atoms with Crippen LogP contribution in [0.1, 0.15) is 61.4 Å². The van der Waals surface area contributed by atoms with E-state index in [-0.39, 0.29) is 17.8 Å². The topological polar surface area (TPSA) is 41.1 Å². The predicted molar refractivity (Wildman–Crippen MR) is 105 cm³/mol. The van der Waals surface area contributed by atoms with Gasteiger partial charge >= 0.3 is 0 Å². The van der Waals surface area contributed by atoms with Gasteiger partial charge in [-0.15, -0.1) is 11.3 Å². The van der Waals surface area contributed by atoms with Crippen LogP contribution in [-0.4, -0.2) is 18.5 Å². The number of thiophene rings is 1. The van der Waals surface area contributed by atoms with Crippen molar-refractivity contribution in [1.82, 2.24) is 10.6 Å². The molecule has 1 atom stereocenters. The van der Waals surface area contributed by atoms with Gasteiger partial charge in [0, 0.05) is 10.9 Å². The summed E-state index contributed by atoms with van der Waals surface area (Å²) in [4.78, 5) is 13.6. The fraction of sp³-hybridized carbons (Fsp3) is 0.476. The van der Waals surface area contributed by atoms with E-state index in [2.05, 4.69) is 10.6 Å². The molecule has 3 nitrogen and oxygen atoms in total. The van der Waals surface area contributed by atoms with Crippen LogP contribution in [0.5, 0.6) is 0 Å². The van der Waals surface area contributed by atoms with E-state index in [4.69, 9.17) is 0 Å². The summed E-state index contributed by atoms with van der Waals surface area (Å²) in [6.45, 7) is 0.327. The van der Waals surface area contributed by atoms with Crippen LogP contribution in [-0.2, 0) is 4.79 Å². The molecule has 140 valence electrons. The molecule has 5 heteroatoms. The zero-order valence-corrected chi connectivity index (χ0v) is 15.9. The first kappa shape index (κ1) is 19.1. The third kappa shape index (κ3) is 5.64. The molecule has 26 heavy (non-hydrogen) atoms. The maximum atomic E-state index is 13.2. The van der Waals surface area contributed by atoms with Gasteiger partial charge in [-0.05, 0) is 42.0 Å². The number of halogens is 1. The Bertz CT molecular complexity index is 664. The molecule has 0 aliphatic heterocycles. The van der Waals surface area contributed by atoms with Crippen LogP contribution in [0.15, 0.2) is 41.8 Å². The number of hydrogen-bond donors (Lipinski definition) is 2. The number of hydrogen-bond acceptors (Lipinski definition) is 3. The van der Waals surface area contributed by atoms with Gasteiger partial charge in [-0.3, -0.25) is 4.79 Å². The average molecular weight is 375 g/mol. The highest BCUT2D eigenvalue weighted by Crippen LogP contribution is 2.26. The van der Waals surface area contributed by atoms with E-state index in [9.17, 15) is 9.18 Å². The smallest absolute Gasteiger partial charge is 0.234 e. The van der Waals surface area contributed by atoms with E-state index in [1.165, 1.54) is 44.2 Å². The number of carbonyl (C=O) groups excluding carboxylic acids is 1. The third-order valence-corrected chi connectivity index (χ3v) is 5.93. The van der Waals surface area contributed by atoms with E-state index in [0.29, 0.717) is 12.6 Å². The lowest BCUT2D eigenvalue weighted by atomic mass is 9.97. The van der Waals surface area contributed by atoms with Crippen molar-refractivity contribution >= 4 is 17.2 Å². The van der Waals surface area contributed by atoms with Gasteiger partial charge in [0.15, 0.2) is 0 Å². The molecular formula is C21H27FN2OS. The van der Waals surface area contributed by atoms with Crippen molar-refractivity contribution < 1.29 is 9.18 Å². The van der Waals surface area contributed by atoms with E-state index in [0.717, 1.165) is 23.3 Å². The molecule has 1 amide bonds. The average Bonchev–Trinajstić information content (AvgIpc) is 3.14. The van der Waals surface area contributed by atoms with Crippen LogP contribution in [0.3, 0.4) is 0 Å². The molecule has 0 saturated heterocycles. The van der Waals surface area contributed by atoms with Gasteiger partial charge < -0.3 is 10.6 Å². The summed E-state index contributed by atoms with van der Waals surface area (Å²) in [6, 6.07) is 10.5. The largest absolute Gasteiger partial charge is 0.343 e. The molecule has 1 saturated carbocycles. The Hall–Kier alpha value is -1.72. The molecule has 1 aliphatic carbocycles. The molecule has 0 radical (unpaired) electrons. The first-order valence-corrected chi connectivity index (χ1v) is 10.4. The highest BCUT2D eigenvalue weighted by molar-refractivity contribution is 7.10. The summed E-state index contributed by atoms with van der Waals surface area (Å²) in [5.41, 5.74) is 0.896. The van der Waals surface area contributed by atoms with Gasteiger partial charge in [0.25, 0.3) is 0 Å². The zero-order valence-electron chi connectivity index (χ0n) is 15.0. The van der Waals surface area contributed by atoms with Crippen molar-refractivity contribution in [2.45, 2.75) is 57.0 Å². The summed E-state index contributed by atoms with van der Waals surface area (Å²) >= 11 is 1.59. The fourth-order valence-electron chi connectivity index (χ4n) is 3.54. The Morgan fingerprint density at radius 1 is 1.08 bits per heavy atom. The minimum absolute atomic E-state index is 0.0187. The van der Waals surface area contributed by atoms with Gasteiger partial charge in [-0.25, -0.2) is 4.39 Å². The van der Waals surface area contributed by atoms with Crippen LogP contribution in [0.4, 0.5) is 4.39 Å². The van der Waals surface area contributed by atoms with Crippen LogP contribution in [0.25, 0.3) is 0 Å². The number of benzene rings is 1. The monoisotopic (exact) mass is 374 g/mol. The molecule has 1 heterocycles. The van der Waals surface area contributed by atoms with Crippen molar-refractivity contribution in [3.63, 3.8) is 0 Å². The van der Waals surface area contributed by atoms with Gasteiger partial charge in [0.05, 0.1) is 12.6 Å². The Morgan fingerprint density at radius 2 is 1.77 bits per heavy atom. The Kier molecular flexibility index (Phi) is 7.21. The Labute approximate surface area is 159 Å². The maximum absolute atomic E-state index is 13.2. The number of carbonyl (C=O) groups is 1. The van der Waals surface area contributed by atoms with E-state index in [1.54, 1.807) is 23.5 Å². The van der Waals surface area contributed by atoms with Crippen molar-refractivity contribution in [1.29, 1.82) is 0 Å². The van der Waals surface area contributed by atoms with Crippen LogP contribution in [0, 0.1) is 5.82 Å². The van der Waals surface area contributed by atoms with Gasteiger partial charge in [0.1, 0.15) is 5.82 Å². The first-order chi connectivity index (χ1) is 12.7. The summed E-state index contributed by atoms with van der Waals surface area (Å²) in [5, 5.41) is 8.53. The fourth-order valence-corrected chi connectivity index (χ4v) is 4.34. The van der Waals surface area contributed by atoms with Gasteiger partial charge in [0.2, 0.25) is 5.91 Å². The van der Waals surface area contributed by atoms with E-state index < -0.39 is 0 Å². The van der Waals surface area contributed by atoms with Crippen molar-refractivity contribution in [2.75, 3.05) is 6.54 Å². The normalized spacial score (nSPS) is 17.3. The van der Waals surface area contributed by atoms with E-state index >= 15 is 0 Å². The number of nitrogens with one attached hydrogen (secondary N) is 2. The van der Waals surface area contributed by atoms with Crippen molar-refractivity contribution in [2.24, 2.45) is 0 Å². The van der Waals surface area contributed by atoms with Crippen LogP contribution in [0.2, 0.25) is 0 Å². The first-order valence-electron chi connectivity index (χ1n) is 9.54. The lowest BCUT2D eigenvalue weighted by molar-refractivity contribution is -0.120. The zero-order chi connectivity index (χ0) is 18.2. The Morgan fingerprint density at radius 3 is 2.42 bits per heavy atom. The molecule has 0 bridgehead atoms. The second-order valence-corrected chi connectivity index (χ2v) is 7.97. The predicted octanol–water partition coefficient (Wildman–Crippen LogP) is 4.80. The summed E-state index contributed by atoms with van der Waals surface area (Å²) in [7, 11) is 0. The summed E-state index contributed by atoms with van der Waals surface area (Å²) in [6.07, 6.45) is 8.73. The lowest BCUT2D eigenvalue weighted by Gasteiger charge is -2.22. The summed E-state index contributed by atoms with van der Waals surface area (Å²) < 4.78 is 13.2. The second-order valence-electron chi connectivity index (χ2n) is 6.99. The molecule has 1 fully saturated rings. The molecule has 1 aromatic heterocycles. The molecule has 1 aliphatic rings. The third-order valence-electron chi connectivity index (χ3n) is 4.99. The van der Waals surface area contributed by atoms with Gasteiger partial charge in [-0.2, -0.15) is 0 Å². The molecule has 3 rings (SSSR count). The number of rotatable bonds is 6. The lowest BCUT2D eigenvalue weighted by Crippen LogP contribution is -2.40. The Balaban J connectivity index is 1.59. The van der Waals surface area contributed by atoms with Crippen molar-refractivity contribution in [3.8, 4) is 0 Å². The van der Waals surface area contributed by atoms with Crippen molar-refractivity contribution in [3.05, 3.63) is 58.0 Å². The van der Waals surface area contributed by atoms with E-state index in [1.807, 2.05) is 17.5 Å². The van der Waals surface area contributed by atoms with Gasteiger partial charge in [-0.1, -0.05) is 50.3 Å². The number of amides is 1. The maximum Gasteiger partial charge on any atom is 0.234 e. The molecule has 1 aromatic carbocycles. The summed E-state index contributed by atoms with van der Waals surface area (Å²) in [5.74, 6) is -0.286.